The van der Waals surface area contributed by atoms with Crippen molar-refractivity contribution in [1.82, 2.24) is 5.32 Å². The van der Waals surface area contributed by atoms with Crippen LogP contribution >= 0.6 is 0 Å². The average Bonchev–Trinajstić information content (AvgIpc) is 2.58. The highest BCUT2D eigenvalue weighted by Gasteiger charge is 2.12. The fraction of sp³-hybridized carbons (Fsp3) is 0.125. The summed E-state index contributed by atoms with van der Waals surface area (Å²) in [4.78, 5) is 32.7. The Hall–Kier alpha value is -3.22. The van der Waals surface area contributed by atoms with Gasteiger partial charge in [0.05, 0.1) is 10.5 Å². The summed E-state index contributed by atoms with van der Waals surface area (Å²) in [6.07, 6.45) is 0.449. The van der Waals surface area contributed by atoms with Crippen LogP contribution in [0, 0.1) is 10.1 Å². The van der Waals surface area contributed by atoms with Gasteiger partial charge in [-0.25, -0.2) is 0 Å². The molecule has 0 unspecified atom stereocenters. The number of rotatable bonds is 7. The Morgan fingerprint density at radius 2 is 1.96 bits per heavy atom. The van der Waals surface area contributed by atoms with Crippen LogP contribution in [0.3, 0.4) is 0 Å². The zero-order chi connectivity index (χ0) is 16.7. The number of nitro benzene ring substituents is 1. The second kappa shape index (κ2) is 7.69. The van der Waals surface area contributed by atoms with Crippen LogP contribution < -0.4 is 10.1 Å². The van der Waals surface area contributed by atoms with E-state index in [4.69, 9.17) is 4.74 Å². The molecule has 0 spiro atoms. The van der Waals surface area contributed by atoms with Gasteiger partial charge in [0.25, 0.3) is 11.6 Å². The van der Waals surface area contributed by atoms with Crippen LogP contribution in [0.2, 0.25) is 0 Å². The third-order valence-electron chi connectivity index (χ3n) is 3.02. The maximum absolute atomic E-state index is 11.7. The summed E-state index contributed by atoms with van der Waals surface area (Å²) in [5.74, 6) is -0.232. The summed E-state index contributed by atoms with van der Waals surface area (Å²) in [7, 11) is 0. The third kappa shape index (κ3) is 4.63. The van der Waals surface area contributed by atoms with E-state index in [-0.39, 0.29) is 29.5 Å². The molecule has 0 saturated heterocycles. The lowest BCUT2D eigenvalue weighted by molar-refractivity contribution is -0.384. The molecule has 0 aliphatic rings. The summed E-state index contributed by atoms with van der Waals surface area (Å²) in [5, 5.41) is 13.3. The van der Waals surface area contributed by atoms with Gasteiger partial charge in [-0.15, -0.1) is 0 Å². The Labute approximate surface area is 132 Å². The van der Waals surface area contributed by atoms with Gasteiger partial charge in [-0.1, -0.05) is 30.3 Å². The summed E-state index contributed by atoms with van der Waals surface area (Å²) >= 11 is 0. The first-order valence-electron chi connectivity index (χ1n) is 6.77. The lowest BCUT2D eigenvalue weighted by atomic mass is 10.2. The molecule has 0 atom stereocenters. The number of benzene rings is 2. The number of nitrogens with one attached hydrogen (secondary N) is 1. The first kappa shape index (κ1) is 16.2. The molecule has 2 rings (SSSR count). The molecular formula is C16H14N2O5. The highest BCUT2D eigenvalue weighted by atomic mass is 16.6. The predicted molar refractivity (Wildman–Crippen MR) is 82.3 cm³/mol. The van der Waals surface area contributed by atoms with Crippen molar-refractivity contribution in [2.24, 2.45) is 0 Å². The molecule has 0 saturated carbocycles. The minimum absolute atomic E-state index is 0.0232. The van der Waals surface area contributed by atoms with Gasteiger partial charge in [0, 0.05) is 18.7 Å². The zero-order valence-corrected chi connectivity index (χ0v) is 12.1. The quantitative estimate of drug-likeness (QED) is 0.479. The zero-order valence-electron chi connectivity index (χ0n) is 12.1. The maximum atomic E-state index is 11.7. The molecule has 1 amide bonds. The number of carbonyl (C=O) groups excluding carboxylic acids is 2. The smallest absolute Gasteiger partial charge is 0.270 e. The van der Waals surface area contributed by atoms with Gasteiger partial charge >= 0.3 is 0 Å². The fourth-order valence-electron chi connectivity index (χ4n) is 1.86. The van der Waals surface area contributed by atoms with Gasteiger partial charge in [0.15, 0.2) is 12.9 Å². The van der Waals surface area contributed by atoms with Crippen molar-refractivity contribution in [3.63, 3.8) is 0 Å². The number of ether oxygens (including phenoxy) is 1. The minimum Gasteiger partial charge on any atom is -0.483 e. The standard InChI is InChI=1S/C16H14N2O5/c19-10-13-8-14(18(21)22)6-7-15(13)23-11-16(20)17-9-12-4-2-1-3-5-12/h1-8,10H,9,11H2,(H,17,20). The molecular weight excluding hydrogens is 300 g/mol. The summed E-state index contributed by atoms with van der Waals surface area (Å²) in [6.45, 7) is 0.0787. The first-order valence-corrected chi connectivity index (χ1v) is 6.77. The maximum Gasteiger partial charge on any atom is 0.270 e. The molecule has 7 nitrogen and oxygen atoms in total. The van der Waals surface area contributed by atoms with E-state index < -0.39 is 4.92 Å². The number of nitrogens with zero attached hydrogens (tertiary/aromatic N) is 1. The molecule has 2 aromatic carbocycles. The summed E-state index contributed by atoms with van der Waals surface area (Å²) in [5.41, 5.74) is 0.757. The summed E-state index contributed by atoms with van der Waals surface area (Å²) in [6, 6.07) is 13.0. The molecule has 2 aromatic rings. The van der Waals surface area contributed by atoms with E-state index in [1.54, 1.807) is 0 Å². The number of amides is 1. The van der Waals surface area contributed by atoms with Crippen molar-refractivity contribution >= 4 is 17.9 Å². The van der Waals surface area contributed by atoms with E-state index in [0.29, 0.717) is 12.8 Å². The molecule has 118 valence electrons. The monoisotopic (exact) mass is 314 g/mol. The average molecular weight is 314 g/mol. The van der Waals surface area contributed by atoms with E-state index >= 15 is 0 Å². The Morgan fingerprint density at radius 3 is 2.61 bits per heavy atom. The molecule has 7 heteroatoms. The number of hydrogen-bond acceptors (Lipinski definition) is 5. The van der Waals surface area contributed by atoms with Crippen molar-refractivity contribution in [3.8, 4) is 5.75 Å². The van der Waals surface area contributed by atoms with Crippen LogP contribution in [0.25, 0.3) is 0 Å². The second-order valence-electron chi connectivity index (χ2n) is 4.65. The number of carbonyl (C=O) groups is 2. The molecule has 1 N–H and O–H groups in total. The topological polar surface area (TPSA) is 98.5 Å². The first-order chi connectivity index (χ1) is 11.1. The number of aldehydes is 1. The Kier molecular flexibility index (Phi) is 5.40. The largest absolute Gasteiger partial charge is 0.483 e. The molecule has 0 radical (unpaired) electrons. The van der Waals surface area contributed by atoms with Gasteiger partial charge in [0.2, 0.25) is 0 Å². The van der Waals surface area contributed by atoms with Crippen molar-refractivity contribution in [2.75, 3.05) is 6.61 Å². The van der Waals surface area contributed by atoms with E-state index in [0.717, 1.165) is 11.6 Å². The molecule has 0 aliphatic carbocycles. The van der Waals surface area contributed by atoms with E-state index in [1.807, 2.05) is 30.3 Å². The normalized spacial score (nSPS) is 9.91. The van der Waals surface area contributed by atoms with E-state index in [1.165, 1.54) is 12.1 Å². The highest BCUT2D eigenvalue weighted by Crippen LogP contribution is 2.22. The Morgan fingerprint density at radius 1 is 1.22 bits per heavy atom. The Bertz CT molecular complexity index is 716. The van der Waals surface area contributed by atoms with Gasteiger partial charge in [-0.05, 0) is 11.6 Å². The van der Waals surface area contributed by atoms with E-state index in [9.17, 15) is 19.7 Å². The van der Waals surface area contributed by atoms with Crippen LogP contribution in [0.15, 0.2) is 48.5 Å². The molecule has 0 heterocycles. The second-order valence-corrected chi connectivity index (χ2v) is 4.65. The van der Waals surface area contributed by atoms with E-state index in [2.05, 4.69) is 5.32 Å². The van der Waals surface area contributed by atoms with Crippen LogP contribution in [-0.4, -0.2) is 23.7 Å². The van der Waals surface area contributed by atoms with Crippen LogP contribution in [-0.2, 0) is 11.3 Å². The minimum atomic E-state index is -0.608. The van der Waals surface area contributed by atoms with Crippen molar-refractivity contribution in [3.05, 3.63) is 69.8 Å². The number of non-ortho nitro benzene ring substituents is 1. The molecule has 0 aromatic heterocycles. The SMILES string of the molecule is O=Cc1cc([N+](=O)[O-])ccc1OCC(=O)NCc1ccccc1. The molecule has 0 aliphatic heterocycles. The van der Waals surface area contributed by atoms with Crippen LogP contribution in [0.5, 0.6) is 5.75 Å². The molecule has 23 heavy (non-hydrogen) atoms. The summed E-state index contributed by atoms with van der Waals surface area (Å²) < 4.78 is 5.25. The number of hydrogen-bond donors (Lipinski definition) is 1. The predicted octanol–water partition coefficient (Wildman–Crippen LogP) is 2.10. The van der Waals surface area contributed by atoms with Crippen molar-refractivity contribution in [1.29, 1.82) is 0 Å². The van der Waals surface area contributed by atoms with Crippen LogP contribution in [0.1, 0.15) is 15.9 Å². The molecule has 0 bridgehead atoms. The van der Waals surface area contributed by atoms with Gasteiger partial charge < -0.3 is 10.1 Å². The number of nitro groups is 1. The lowest BCUT2D eigenvalue weighted by Crippen LogP contribution is -2.28. The van der Waals surface area contributed by atoms with Crippen LogP contribution in [0.4, 0.5) is 5.69 Å². The fourth-order valence-corrected chi connectivity index (χ4v) is 1.86. The van der Waals surface area contributed by atoms with Gasteiger partial charge in [-0.2, -0.15) is 0 Å². The third-order valence-corrected chi connectivity index (χ3v) is 3.02. The highest BCUT2D eigenvalue weighted by molar-refractivity contribution is 5.81. The van der Waals surface area contributed by atoms with Crippen molar-refractivity contribution in [2.45, 2.75) is 6.54 Å². The Balaban J connectivity index is 1.91. The molecule has 0 fully saturated rings. The van der Waals surface area contributed by atoms with Gasteiger partial charge in [-0.3, -0.25) is 19.7 Å². The van der Waals surface area contributed by atoms with Crippen molar-refractivity contribution < 1.29 is 19.2 Å². The van der Waals surface area contributed by atoms with Gasteiger partial charge in [0.1, 0.15) is 5.75 Å². The lowest BCUT2D eigenvalue weighted by Gasteiger charge is -2.09.